The summed E-state index contributed by atoms with van der Waals surface area (Å²) < 4.78 is 10.6. The van der Waals surface area contributed by atoms with Crippen molar-refractivity contribution in [3.05, 3.63) is 59.7 Å². The van der Waals surface area contributed by atoms with E-state index < -0.39 is 5.41 Å². The zero-order chi connectivity index (χ0) is 18.3. The van der Waals surface area contributed by atoms with E-state index in [1.54, 1.807) is 14.2 Å². The Morgan fingerprint density at radius 2 is 1.64 bits per heavy atom. The maximum absolute atomic E-state index is 12.5. The van der Waals surface area contributed by atoms with Crippen LogP contribution in [0, 0.1) is 5.41 Å². The Balaban J connectivity index is 1.89. The molecule has 0 aliphatic carbocycles. The van der Waals surface area contributed by atoms with Crippen LogP contribution >= 0.6 is 0 Å². The molecule has 0 unspecified atom stereocenters. The van der Waals surface area contributed by atoms with Crippen LogP contribution in [0.5, 0.6) is 11.5 Å². The number of carbonyl (C=O) groups excluding carboxylic acids is 1. The van der Waals surface area contributed by atoms with Gasteiger partial charge in [0.05, 0.1) is 14.2 Å². The number of methoxy groups -OCH3 is 2. The highest BCUT2D eigenvalue weighted by Gasteiger charge is 2.27. The number of hydrogen-bond acceptors (Lipinski definition) is 3. The van der Waals surface area contributed by atoms with E-state index in [0.29, 0.717) is 18.0 Å². The van der Waals surface area contributed by atoms with Gasteiger partial charge in [-0.2, -0.15) is 0 Å². The normalized spacial score (nSPS) is 11.0. The fraction of sp³-hybridized carbons (Fsp3) is 0.381. The van der Waals surface area contributed by atoms with Crippen LogP contribution in [0.1, 0.15) is 25.0 Å². The second kappa shape index (κ2) is 8.56. The van der Waals surface area contributed by atoms with Crippen molar-refractivity contribution in [1.29, 1.82) is 0 Å². The van der Waals surface area contributed by atoms with Gasteiger partial charge < -0.3 is 14.8 Å². The predicted molar refractivity (Wildman–Crippen MR) is 100 cm³/mol. The number of nitrogens with one attached hydrogen (secondary N) is 1. The highest BCUT2D eigenvalue weighted by Crippen LogP contribution is 2.27. The van der Waals surface area contributed by atoms with Gasteiger partial charge in [-0.1, -0.05) is 50.2 Å². The molecule has 0 aliphatic rings. The SMILES string of the molecule is COc1ccc(CCNC(=O)C(C)(C)Cc2ccccc2)cc1OC. The molecule has 1 N–H and O–H groups in total. The number of benzene rings is 2. The number of rotatable bonds is 8. The van der Waals surface area contributed by atoms with Crippen molar-refractivity contribution >= 4 is 5.91 Å². The van der Waals surface area contributed by atoms with Gasteiger partial charge in [0.25, 0.3) is 0 Å². The fourth-order valence-electron chi connectivity index (χ4n) is 2.78. The summed E-state index contributed by atoms with van der Waals surface area (Å²) in [4.78, 5) is 12.5. The third kappa shape index (κ3) is 5.24. The second-order valence-corrected chi connectivity index (χ2v) is 6.74. The average Bonchev–Trinajstić information content (AvgIpc) is 2.61. The van der Waals surface area contributed by atoms with E-state index >= 15 is 0 Å². The highest BCUT2D eigenvalue weighted by molar-refractivity contribution is 5.82. The van der Waals surface area contributed by atoms with E-state index in [4.69, 9.17) is 9.47 Å². The molecule has 0 atom stereocenters. The van der Waals surface area contributed by atoms with Crippen LogP contribution < -0.4 is 14.8 Å². The van der Waals surface area contributed by atoms with Gasteiger partial charge in [0, 0.05) is 12.0 Å². The summed E-state index contributed by atoms with van der Waals surface area (Å²) in [6.07, 6.45) is 1.46. The smallest absolute Gasteiger partial charge is 0.226 e. The molecule has 0 fully saturated rings. The largest absolute Gasteiger partial charge is 0.493 e. The summed E-state index contributed by atoms with van der Waals surface area (Å²) in [5.74, 6) is 1.48. The van der Waals surface area contributed by atoms with Crippen molar-refractivity contribution in [1.82, 2.24) is 5.32 Å². The molecule has 0 aromatic heterocycles. The molecule has 0 aliphatic heterocycles. The van der Waals surface area contributed by atoms with Gasteiger partial charge in [-0.3, -0.25) is 4.79 Å². The van der Waals surface area contributed by atoms with Crippen LogP contribution in [0.2, 0.25) is 0 Å². The van der Waals surface area contributed by atoms with Crippen LogP contribution in [0.3, 0.4) is 0 Å². The van der Waals surface area contributed by atoms with Crippen LogP contribution in [0.15, 0.2) is 48.5 Å². The third-order valence-electron chi connectivity index (χ3n) is 4.25. The zero-order valence-corrected chi connectivity index (χ0v) is 15.5. The lowest BCUT2D eigenvalue weighted by molar-refractivity contribution is -0.129. The number of carbonyl (C=O) groups is 1. The van der Waals surface area contributed by atoms with Gasteiger partial charge in [0.15, 0.2) is 11.5 Å². The summed E-state index contributed by atoms with van der Waals surface area (Å²) in [5, 5.41) is 3.05. The maximum atomic E-state index is 12.5. The first kappa shape index (κ1) is 18.8. The molecular formula is C21H27NO3. The fourth-order valence-corrected chi connectivity index (χ4v) is 2.78. The van der Waals surface area contributed by atoms with Crippen molar-refractivity contribution in [2.24, 2.45) is 5.41 Å². The number of ether oxygens (including phenoxy) is 2. The van der Waals surface area contributed by atoms with Gasteiger partial charge >= 0.3 is 0 Å². The molecule has 0 radical (unpaired) electrons. The molecule has 4 heteroatoms. The Hall–Kier alpha value is -2.49. The van der Waals surface area contributed by atoms with Crippen molar-refractivity contribution in [3.8, 4) is 11.5 Å². The van der Waals surface area contributed by atoms with Gasteiger partial charge in [0.1, 0.15) is 0 Å². The minimum Gasteiger partial charge on any atom is -0.493 e. The topological polar surface area (TPSA) is 47.6 Å². The first-order chi connectivity index (χ1) is 12.0. The predicted octanol–water partition coefficient (Wildman–Crippen LogP) is 3.63. The van der Waals surface area contributed by atoms with Crippen LogP contribution in [-0.2, 0) is 17.6 Å². The first-order valence-corrected chi connectivity index (χ1v) is 8.49. The van der Waals surface area contributed by atoms with Crippen LogP contribution in [-0.4, -0.2) is 26.7 Å². The molecular weight excluding hydrogens is 314 g/mol. The summed E-state index contributed by atoms with van der Waals surface area (Å²) in [5.41, 5.74) is 1.82. The minimum absolute atomic E-state index is 0.0665. The lowest BCUT2D eigenvalue weighted by atomic mass is 9.85. The number of hydrogen-bond donors (Lipinski definition) is 1. The highest BCUT2D eigenvalue weighted by atomic mass is 16.5. The Labute approximate surface area is 150 Å². The van der Waals surface area contributed by atoms with Gasteiger partial charge in [0.2, 0.25) is 5.91 Å². The average molecular weight is 341 g/mol. The molecule has 1 amide bonds. The molecule has 0 bridgehead atoms. The van der Waals surface area contributed by atoms with E-state index in [9.17, 15) is 4.79 Å². The Morgan fingerprint density at radius 3 is 2.28 bits per heavy atom. The lowest BCUT2D eigenvalue weighted by Crippen LogP contribution is -2.39. The van der Waals surface area contributed by atoms with Crippen LogP contribution in [0.25, 0.3) is 0 Å². The van der Waals surface area contributed by atoms with E-state index in [1.807, 2.05) is 50.2 Å². The standard InChI is InChI=1S/C21H27NO3/c1-21(2,15-17-8-6-5-7-9-17)20(23)22-13-12-16-10-11-18(24-3)19(14-16)25-4/h5-11,14H,12-13,15H2,1-4H3,(H,22,23). The van der Waals surface area contributed by atoms with Gasteiger partial charge in [-0.25, -0.2) is 0 Å². The first-order valence-electron chi connectivity index (χ1n) is 8.49. The lowest BCUT2D eigenvalue weighted by Gasteiger charge is -2.23. The maximum Gasteiger partial charge on any atom is 0.226 e. The molecule has 2 aromatic rings. The molecule has 0 saturated heterocycles. The summed E-state index contributed by atoms with van der Waals surface area (Å²) in [6, 6.07) is 15.9. The minimum atomic E-state index is -0.445. The molecule has 4 nitrogen and oxygen atoms in total. The molecule has 25 heavy (non-hydrogen) atoms. The molecule has 134 valence electrons. The van der Waals surface area contributed by atoms with E-state index in [2.05, 4.69) is 17.4 Å². The Bertz CT molecular complexity index is 696. The molecule has 0 heterocycles. The number of amides is 1. The van der Waals surface area contributed by atoms with E-state index in [0.717, 1.165) is 18.4 Å². The van der Waals surface area contributed by atoms with Gasteiger partial charge in [-0.05, 0) is 36.1 Å². The van der Waals surface area contributed by atoms with E-state index in [1.165, 1.54) is 5.56 Å². The molecule has 2 aromatic carbocycles. The van der Waals surface area contributed by atoms with Crippen molar-refractivity contribution in [2.75, 3.05) is 20.8 Å². The molecule has 2 rings (SSSR count). The van der Waals surface area contributed by atoms with Crippen molar-refractivity contribution in [3.63, 3.8) is 0 Å². The Morgan fingerprint density at radius 1 is 0.960 bits per heavy atom. The Kier molecular flexibility index (Phi) is 6.45. The monoisotopic (exact) mass is 341 g/mol. The summed E-state index contributed by atoms with van der Waals surface area (Å²) >= 11 is 0. The second-order valence-electron chi connectivity index (χ2n) is 6.74. The van der Waals surface area contributed by atoms with Crippen LogP contribution in [0.4, 0.5) is 0 Å². The van der Waals surface area contributed by atoms with Crippen molar-refractivity contribution < 1.29 is 14.3 Å². The quantitative estimate of drug-likeness (QED) is 0.797. The van der Waals surface area contributed by atoms with Crippen molar-refractivity contribution in [2.45, 2.75) is 26.7 Å². The zero-order valence-electron chi connectivity index (χ0n) is 15.5. The third-order valence-corrected chi connectivity index (χ3v) is 4.25. The summed E-state index contributed by atoms with van der Waals surface area (Å²) in [6.45, 7) is 4.55. The van der Waals surface area contributed by atoms with Gasteiger partial charge in [-0.15, -0.1) is 0 Å². The van der Waals surface area contributed by atoms with E-state index in [-0.39, 0.29) is 5.91 Å². The molecule has 0 saturated carbocycles. The summed E-state index contributed by atoms with van der Waals surface area (Å²) in [7, 11) is 3.24. The molecule has 0 spiro atoms.